The number of aromatic nitrogens is 3. The predicted octanol–water partition coefficient (Wildman–Crippen LogP) is 1.35. The fourth-order valence-corrected chi connectivity index (χ4v) is 4.14. The molecule has 5 nitrogen and oxygen atoms in total. The molecule has 1 aromatic rings. The van der Waals surface area contributed by atoms with Gasteiger partial charge in [-0.15, -0.1) is 0 Å². The van der Waals surface area contributed by atoms with Gasteiger partial charge in [-0.05, 0) is 37.2 Å². The summed E-state index contributed by atoms with van der Waals surface area (Å²) in [5.41, 5.74) is 5.66. The minimum atomic E-state index is 0.100. The number of hydrogen-bond donors (Lipinski definition) is 1. The Morgan fingerprint density at radius 1 is 1.50 bits per heavy atom. The summed E-state index contributed by atoms with van der Waals surface area (Å²) < 4.78 is 8.09. The lowest BCUT2D eigenvalue weighted by Gasteiger charge is -2.43. The van der Waals surface area contributed by atoms with Gasteiger partial charge >= 0.3 is 0 Å². The molecule has 0 bridgehead atoms. The molecule has 1 atom stereocenters. The summed E-state index contributed by atoms with van der Waals surface area (Å²) in [6, 6.07) is 0.426. The monoisotopic (exact) mass is 268 g/mol. The van der Waals surface area contributed by atoms with E-state index in [0.29, 0.717) is 12.6 Å². The number of nitrogens with two attached hydrogens (primary N) is 1. The SMILES string of the molecule is NCc1ncn(C2CCOC3(CCSCC3)C2)n1. The molecular weight excluding hydrogens is 248 g/mol. The second-order valence-corrected chi connectivity index (χ2v) is 6.36. The van der Waals surface area contributed by atoms with Crippen LogP contribution < -0.4 is 5.73 Å². The fourth-order valence-electron chi connectivity index (χ4n) is 2.90. The molecule has 100 valence electrons. The average molecular weight is 268 g/mol. The summed E-state index contributed by atoms with van der Waals surface area (Å²) in [4.78, 5) is 4.23. The van der Waals surface area contributed by atoms with E-state index in [2.05, 4.69) is 10.1 Å². The first-order chi connectivity index (χ1) is 8.81. The molecular formula is C12H20N4OS. The summed E-state index contributed by atoms with van der Waals surface area (Å²) in [6.45, 7) is 1.26. The average Bonchev–Trinajstić information content (AvgIpc) is 2.88. The van der Waals surface area contributed by atoms with Crippen molar-refractivity contribution in [2.24, 2.45) is 5.73 Å². The number of hydrogen-bond acceptors (Lipinski definition) is 5. The maximum Gasteiger partial charge on any atom is 0.164 e. The third kappa shape index (κ3) is 2.41. The van der Waals surface area contributed by atoms with Gasteiger partial charge in [0.2, 0.25) is 0 Å². The predicted molar refractivity (Wildman–Crippen MR) is 71.4 cm³/mol. The molecule has 1 spiro atoms. The van der Waals surface area contributed by atoms with Crippen LogP contribution in [0.2, 0.25) is 0 Å². The Morgan fingerprint density at radius 2 is 2.33 bits per heavy atom. The molecule has 3 heterocycles. The number of thioether (sulfide) groups is 1. The van der Waals surface area contributed by atoms with Crippen LogP contribution in [-0.4, -0.2) is 38.5 Å². The van der Waals surface area contributed by atoms with Gasteiger partial charge in [0.1, 0.15) is 6.33 Å². The van der Waals surface area contributed by atoms with E-state index in [1.807, 2.05) is 22.8 Å². The normalized spacial score (nSPS) is 27.5. The molecule has 0 aliphatic carbocycles. The van der Waals surface area contributed by atoms with Gasteiger partial charge in [0.15, 0.2) is 5.82 Å². The molecule has 0 saturated carbocycles. The lowest BCUT2D eigenvalue weighted by Crippen LogP contribution is -2.43. The Labute approximate surface area is 111 Å². The molecule has 0 amide bonds. The molecule has 2 saturated heterocycles. The van der Waals surface area contributed by atoms with E-state index in [1.54, 1.807) is 0 Å². The van der Waals surface area contributed by atoms with Crippen LogP contribution in [0.4, 0.5) is 0 Å². The van der Waals surface area contributed by atoms with E-state index in [-0.39, 0.29) is 5.60 Å². The molecule has 2 aliphatic heterocycles. The maximum atomic E-state index is 6.09. The van der Waals surface area contributed by atoms with Gasteiger partial charge in [0.05, 0.1) is 18.2 Å². The van der Waals surface area contributed by atoms with Crippen LogP contribution in [-0.2, 0) is 11.3 Å². The lowest BCUT2D eigenvalue weighted by atomic mass is 9.85. The Bertz CT molecular complexity index is 397. The highest BCUT2D eigenvalue weighted by molar-refractivity contribution is 7.99. The van der Waals surface area contributed by atoms with Gasteiger partial charge in [-0.2, -0.15) is 16.9 Å². The van der Waals surface area contributed by atoms with Crippen molar-refractivity contribution in [2.75, 3.05) is 18.1 Å². The fraction of sp³-hybridized carbons (Fsp3) is 0.833. The number of nitrogens with zero attached hydrogens (tertiary/aromatic N) is 3. The van der Waals surface area contributed by atoms with Gasteiger partial charge in [0, 0.05) is 6.61 Å². The topological polar surface area (TPSA) is 66.0 Å². The Morgan fingerprint density at radius 3 is 3.06 bits per heavy atom. The largest absolute Gasteiger partial charge is 0.375 e. The van der Waals surface area contributed by atoms with Crippen molar-refractivity contribution in [1.29, 1.82) is 0 Å². The van der Waals surface area contributed by atoms with Gasteiger partial charge in [-0.3, -0.25) is 0 Å². The first-order valence-corrected chi connectivity index (χ1v) is 7.79. The van der Waals surface area contributed by atoms with E-state index in [9.17, 15) is 0 Å². The first kappa shape index (κ1) is 12.4. The standard InChI is InChI=1S/C12H20N4OS/c13-8-11-14-9-16(15-11)10-1-4-17-12(7-10)2-5-18-6-3-12/h9-10H,1-8,13H2. The summed E-state index contributed by atoms with van der Waals surface area (Å²) >= 11 is 2.04. The zero-order chi connectivity index (χ0) is 12.4. The van der Waals surface area contributed by atoms with Crippen LogP contribution in [0, 0.1) is 0 Å². The molecule has 3 rings (SSSR count). The molecule has 1 unspecified atom stereocenters. The summed E-state index contributed by atoms with van der Waals surface area (Å²) in [5, 5.41) is 4.45. The number of ether oxygens (including phenoxy) is 1. The van der Waals surface area contributed by atoms with Crippen molar-refractivity contribution in [3.8, 4) is 0 Å². The third-order valence-corrected chi connectivity index (χ3v) is 4.97. The van der Waals surface area contributed by atoms with Crippen molar-refractivity contribution < 1.29 is 4.74 Å². The van der Waals surface area contributed by atoms with Gasteiger partial charge in [-0.25, -0.2) is 9.67 Å². The van der Waals surface area contributed by atoms with Crippen LogP contribution >= 0.6 is 11.8 Å². The molecule has 6 heteroatoms. The quantitative estimate of drug-likeness (QED) is 0.877. The van der Waals surface area contributed by atoms with Crippen molar-refractivity contribution in [1.82, 2.24) is 14.8 Å². The zero-order valence-electron chi connectivity index (χ0n) is 10.5. The van der Waals surface area contributed by atoms with E-state index in [4.69, 9.17) is 10.5 Å². The highest BCUT2D eigenvalue weighted by atomic mass is 32.2. The van der Waals surface area contributed by atoms with Crippen molar-refractivity contribution in [2.45, 2.75) is 43.9 Å². The minimum Gasteiger partial charge on any atom is -0.375 e. The second kappa shape index (κ2) is 5.19. The maximum absolute atomic E-state index is 6.09. The molecule has 2 aliphatic rings. The molecule has 0 radical (unpaired) electrons. The molecule has 2 N–H and O–H groups in total. The van der Waals surface area contributed by atoms with Crippen molar-refractivity contribution in [3.63, 3.8) is 0 Å². The lowest BCUT2D eigenvalue weighted by molar-refractivity contribution is -0.100. The highest BCUT2D eigenvalue weighted by Gasteiger charge is 2.39. The number of rotatable bonds is 2. The Kier molecular flexibility index (Phi) is 3.59. The molecule has 1 aromatic heterocycles. The van der Waals surface area contributed by atoms with E-state index >= 15 is 0 Å². The second-order valence-electron chi connectivity index (χ2n) is 5.14. The third-order valence-electron chi connectivity index (χ3n) is 3.98. The Balaban J connectivity index is 1.73. The smallest absolute Gasteiger partial charge is 0.164 e. The van der Waals surface area contributed by atoms with E-state index in [0.717, 1.165) is 25.3 Å². The molecule has 2 fully saturated rings. The van der Waals surface area contributed by atoms with Gasteiger partial charge in [0.25, 0.3) is 0 Å². The highest BCUT2D eigenvalue weighted by Crippen LogP contribution is 2.41. The summed E-state index contributed by atoms with van der Waals surface area (Å²) in [5.74, 6) is 3.17. The Hall–Kier alpha value is -0.590. The van der Waals surface area contributed by atoms with Crippen molar-refractivity contribution >= 4 is 11.8 Å². The van der Waals surface area contributed by atoms with E-state index < -0.39 is 0 Å². The summed E-state index contributed by atoms with van der Waals surface area (Å²) in [6.07, 6.45) is 6.27. The van der Waals surface area contributed by atoms with Gasteiger partial charge in [-0.1, -0.05) is 0 Å². The minimum absolute atomic E-state index is 0.100. The molecule has 18 heavy (non-hydrogen) atoms. The van der Waals surface area contributed by atoms with Gasteiger partial charge < -0.3 is 10.5 Å². The van der Waals surface area contributed by atoms with Crippen molar-refractivity contribution in [3.05, 3.63) is 12.2 Å². The summed E-state index contributed by atoms with van der Waals surface area (Å²) in [7, 11) is 0. The molecule has 0 aromatic carbocycles. The van der Waals surface area contributed by atoms with Crippen LogP contribution in [0.1, 0.15) is 37.5 Å². The zero-order valence-corrected chi connectivity index (χ0v) is 11.4. The first-order valence-electron chi connectivity index (χ1n) is 6.63. The van der Waals surface area contributed by atoms with Crippen LogP contribution in [0.5, 0.6) is 0 Å². The van der Waals surface area contributed by atoms with Crippen LogP contribution in [0.25, 0.3) is 0 Å². The van der Waals surface area contributed by atoms with Crippen LogP contribution in [0.15, 0.2) is 6.33 Å². The van der Waals surface area contributed by atoms with E-state index in [1.165, 1.54) is 24.3 Å². The van der Waals surface area contributed by atoms with Crippen LogP contribution in [0.3, 0.4) is 0 Å².